The summed E-state index contributed by atoms with van der Waals surface area (Å²) in [7, 11) is 0. The fourth-order valence-corrected chi connectivity index (χ4v) is 4.78. The molecule has 1 saturated heterocycles. The van der Waals surface area contributed by atoms with E-state index in [1.165, 1.54) is 4.90 Å². The van der Waals surface area contributed by atoms with Gasteiger partial charge in [0.05, 0.1) is 12.1 Å². The second-order valence-electron chi connectivity index (χ2n) is 9.18. The van der Waals surface area contributed by atoms with Crippen molar-refractivity contribution in [3.63, 3.8) is 0 Å². The predicted molar refractivity (Wildman–Crippen MR) is 114 cm³/mol. The summed E-state index contributed by atoms with van der Waals surface area (Å²) in [5, 5.41) is 0. The summed E-state index contributed by atoms with van der Waals surface area (Å²) in [6, 6.07) is 15.3. The Morgan fingerprint density at radius 3 is 2.23 bits per heavy atom. The van der Waals surface area contributed by atoms with Gasteiger partial charge in [-0.3, -0.25) is 9.69 Å². The summed E-state index contributed by atoms with van der Waals surface area (Å²) >= 11 is 0. The van der Waals surface area contributed by atoms with E-state index >= 15 is 0 Å². The van der Waals surface area contributed by atoms with Crippen molar-refractivity contribution in [2.24, 2.45) is 0 Å². The van der Waals surface area contributed by atoms with E-state index in [-0.39, 0.29) is 38.0 Å². The maximum absolute atomic E-state index is 13.7. The lowest BCUT2D eigenvalue weighted by Crippen LogP contribution is -2.57. The van der Waals surface area contributed by atoms with Gasteiger partial charge in [0, 0.05) is 18.4 Å². The van der Waals surface area contributed by atoms with Gasteiger partial charge in [-0.1, -0.05) is 48.5 Å². The molecule has 1 saturated carbocycles. The fourth-order valence-electron chi connectivity index (χ4n) is 4.78. The van der Waals surface area contributed by atoms with E-state index in [1.54, 1.807) is 26.0 Å². The molecule has 2 aromatic rings. The molecule has 2 aromatic carbocycles. The SMILES string of the molecule is Cc1ccccc1-c1ccc(C(=O)CN2C(=O)OC3(CCC(F)(F)CC3)C2(C)C)cc1. The highest BCUT2D eigenvalue weighted by Crippen LogP contribution is 2.51. The van der Waals surface area contributed by atoms with E-state index in [4.69, 9.17) is 4.74 Å². The smallest absolute Gasteiger partial charge is 0.411 e. The van der Waals surface area contributed by atoms with Gasteiger partial charge in [0.1, 0.15) is 5.60 Å². The van der Waals surface area contributed by atoms with Gasteiger partial charge >= 0.3 is 6.09 Å². The number of alkyl halides is 2. The average molecular weight is 427 g/mol. The zero-order valence-electron chi connectivity index (χ0n) is 18.1. The molecule has 1 spiro atoms. The van der Waals surface area contributed by atoms with Crippen LogP contribution in [0, 0.1) is 6.92 Å². The number of carbonyl (C=O) groups excluding carboxylic acids is 2. The Morgan fingerprint density at radius 2 is 1.61 bits per heavy atom. The zero-order chi connectivity index (χ0) is 22.4. The van der Waals surface area contributed by atoms with Crippen LogP contribution in [-0.4, -0.2) is 40.4 Å². The Hall–Kier alpha value is -2.76. The Balaban J connectivity index is 1.51. The normalized spacial score (nSPS) is 21.2. The zero-order valence-corrected chi connectivity index (χ0v) is 18.1. The highest BCUT2D eigenvalue weighted by Gasteiger charge is 2.62. The lowest BCUT2D eigenvalue weighted by Gasteiger charge is -2.45. The quantitative estimate of drug-likeness (QED) is 0.560. The maximum atomic E-state index is 13.7. The van der Waals surface area contributed by atoms with Gasteiger partial charge in [0.15, 0.2) is 5.78 Å². The third-order valence-electron chi connectivity index (χ3n) is 7.05. The van der Waals surface area contributed by atoms with Gasteiger partial charge < -0.3 is 4.74 Å². The van der Waals surface area contributed by atoms with E-state index in [0.717, 1.165) is 16.7 Å². The minimum Gasteiger partial charge on any atom is -0.440 e. The van der Waals surface area contributed by atoms with Gasteiger partial charge in [0.2, 0.25) is 5.92 Å². The molecule has 4 rings (SSSR count). The van der Waals surface area contributed by atoms with Crippen molar-refractivity contribution in [1.82, 2.24) is 4.90 Å². The molecule has 31 heavy (non-hydrogen) atoms. The highest BCUT2D eigenvalue weighted by molar-refractivity contribution is 5.99. The summed E-state index contributed by atoms with van der Waals surface area (Å²) in [6.45, 7) is 5.49. The lowest BCUT2D eigenvalue weighted by atomic mass is 9.71. The van der Waals surface area contributed by atoms with Crippen molar-refractivity contribution in [1.29, 1.82) is 0 Å². The van der Waals surface area contributed by atoms with Crippen LogP contribution in [0.3, 0.4) is 0 Å². The molecule has 164 valence electrons. The molecule has 2 fully saturated rings. The first-order valence-corrected chi connectivity index (χ1v) is 10.6. The third kappa shape index (κ3) is 3.73. The summed E-state index contributed by atoms with van der Waals surface area (Å²) in [6.07, 6.45) is -1.05. The van der Waals surface area contributed by atoms with Crippen LogP contribution in [0.1, 0.15) is 55.5 Å². The van der Waals surface area contributed by atoms with Crippen LogP contribution in [0.4, 0.5) is 13.6 Å². The second-order valence-corrected chi connectivity index (χ2v) is 9.18. The topological polar surface area (TPSA) is 46.6 Å². The Kier molecular flexibility index (Phi) is 5.15. The fraction of sp³-hybridized carbons (Fsp3) is 0.440. The molecule has 0 N–H and O–H groups in total. The standard InChI is InChI=1S/C25H27F2NO3/c1-17-6-4-5-7-20(17)18-8-10-19(11-9-18)21(29)16-28-22(30)31-24(23(28,2)3)12-14-25(26,27)15-13-24/h4-11H,12-16H2,1-3H3. The number of ether oxygens (including phenoxy) is 1. The Bertz CT molecular complexity index is 1000. The maximum Gasteiger partial charge on any atom is 0.411 e. The largest absolute Gasteiger partial charge is 0.440 e. The number of hydrogen-bond acceptors (Lipinski definition) is 3. The number of halogens is 2. The van der Waals surface area contributed by atoms with Gasteiger partial charge in [0.25, 0.3) is 0 Å². The van der Waals surface area contributed by atoms with Crippen LogP contribution in [0.15, 0.2) is 48.5 Å². The van der Waals surface area contributed by atoms with Crippen molar-refractivity contribution in [3.8, 4) is 11.1 Å². The Labute approximate surface area is 181 Å². The van der Waals surface area contributed by atoms with E-state index in [9.17, 15) is 18.4 Å². The van der Waals surface area contributed by atoms with Crippen molar-refractivity contribution >= 4 is 11.9 Å². The molecule has 4 nitrogen and oxygen atoms in total. The number of nitrogens with zero attached hydrogens (tertiary/aromatic N) is 1. The average Bonchev–Trinajstić information content (AvgIpc) is 2.91. The van der Waals surface area contributed by atoms with Crippen molar-refractivity contribution in [2.45, 2.75) is 63.5 Å². The molecule has 0 radical (unpaired) electrons. The van der Waals surface area contributed by atoms with Gasteiger partial charge in [-0.15, -0.1) is 0 Å². The van der Waals surface area contributed by atoms with Crippen LogP contribution in [-0.2, 0) is 4.74 Å². The van der Waals surface area contributed by atoms with Crippen LogP contribution in [0.2, 0.25) is 0 Å². The number of aryl methyl sites for hydroxylation is 1. The van der Waals surface area contributed by atoms with Crippen molar-refractivity contribution in [2.75, 3.05) is 6.54 Å². The molecule has 1 heterocycles. The van der Waals surface area contributed by atoms with Crippen LogP contribution >= 0.6 is 0 Å². The van der Waals surface area contributed by atoms with Gasteiger partial charge in [-0.2, -0.15) is 0 Å². The molecule has 1 aliphatic carbocycles. The lowest BCUT2D eigenvalue weighted by molar-refractivity contribution is -0.115. The molecule has 1 aliphatic heterocycles. The second kappa shape index (κ2) is 7.43. The molecule has 2 aliphatic rings. The summed E-state index contributed by atoms with van der Waals surface area (Å²) in [4.78, 5) is 27.0. The van der Waals surface area contributed by atoms with Gasteiger partial charge in [-0.25, -0.2) is 13.6 Å². The Morgan fingerprint density at radius 1 is 1.00 bits per heavy atom. The summed E-state index contributed by atoms with van der Waals surface area (Å²) < 4.78 is 33.0. The first-order chi connectivity index (χ1) is 14.5. The number of ketones is 1. The monoisotopic (exact) mass is 427 g/mol. The number of benzene rings is 2. The molecule has 0 unspecified atom stereocenters. The number of Topliss-reactive ketones (excluding diaryl/α,β-unsaturated/α-hetero) is 1. The predicted octanol–water partition coefficient (Wildman–Crippen LogP) is 6.02. The summed E-state index contributed by atoms with van der Waals surface area (Å²) in [5.74, 6) is -2.94. The number of hydrogen-bond donors (Lipinski definition) is 0. The van der Waals surface area contributed by atoms with Gasteiger partial charge in [-0.05, 0) is 50.3 Å². The van der Waals surface area contributed by atoms with Crippen molar-refractivity contribution in [3.05, 3.63) is 59.7 Å². The molecule has 0 bridgehead atoms. The minimum atomic E-state index is -2.73. The van der Waals surface area contributed by atoms with Crippen LogP contribution in [0.25, 0.3) is 11.1 Å². The van der Waals surface area contributed by atoms with E-state index in [1.807, 2.05) is 43.3 Å². The molecular formula is C25H27F2NO3. The molecule has 0 aromatic heterocycles. The minimum absolute atomic E-state index is 0.0918. The number of carbonyl (C=O) groups is 2. The molecular weight excluding hydrogens is 400 g/mol. The first kappa shape index (κ1) is 21.5. The van der Waals surface area contributed by atoms with Crippen molar-refractivity contribution < 1.29 is 23.1 Å². The summed E-state index contributed by atoms with van der Waals surface area (Å²) in [5.41, 5.74) is 1.92. The van der Waals surface area contributed by atoms with E-state index in [0.29, 0.717) is 5.56 Å². The molecule has 1 amide bonds. The molecule has 0 atom stereocenters. The van der Waals surface area contributed by atoms with Crippen LogP contribution in [0.5, 0.6) is 0 Å². The number of amides is 1. The van der Waals surface area contributed by atoms with Crippen LogP contribution < -0.4 is 0 Å². The highest BCUT2D eigenvalue weighted by atomic mass is 19.3. The van der Waals surface area contributed by atoms with E-state index < -0.39 is 23.2 Å². The number of rotatable bonds is 4. The van der Waals surface area contributed by atoms with E-state index in [2.05, 4.69) is 0 Å². The first-order valence-electron chi connectivity index (χ1n) is 10.6. The third-order valence-corrected chi connectivity index (χ3v) is 7.05. The molecule has 6 heteroatoms.